The topological polar surface area (TPSA) is 72.9 Å². The largest absolute Gasteiger partial charge is 0.388 e. The van der Waals surface area contributed by atoms with Crippen molar-refractivity contribution in [2.24, 2.45) is 7.05 Å². The SMILES string of the molecule is CNc1ccc(-c2c(-c3nc(C)n4ncnc(C5=CC=CC5)c34)cnn2C)cc1. The zero-order valence-corrected chi connectivity index (χ0v) is 16.6. The van der Waals surface area contributed by atoms with Crippen LogP contribution in [0.1, 0.15) is 17.9 Å². The van der Waals surface area contributed by atoms with Gasteiger partial charge in [-0.25, -0.2) is 14.5 Å². The first kappa shape index (κ1) is 17.4. The standard InChI is InChI=1S/C22H21N7/c1-14-27-20(22-19(15-6-4-5-7-15)24-13-26-29(14)22)18-12-25-28(3)21(18)16-8-10-17(23-2)11-9-16/h4-6,8-13,23H,7H2,1-3H3. The van der Waals surface area contributed by atoms with Crippen molar-refractivity contribution in [3.63, 3.8) is 0 Å². The summed E-state index contributed by atoms with van der Waals surface area (Å²) >= 11 is 0. The smallest absolute Gasteiger partial charge is 0.137 e. The summed E-state index contributed by atoms with van der Waals surface area (Å²) < 4.78 is 3.77. The van der Waals surface area contributed by atoms with Crippen molar-refractivity contribution in [2.75, 3.05) is 12.4 Å². The van der Waals surface area contributed by atoms with E-state index < -0.39 is 0 Å². The van der Waals surface area contributed by atoms with Crippen molar-refractivity contribution < 1.29 is 0 Å². The van der Waals surface area contributed by atoms with Gasteiger partial charge in [-0.15, -0.1) is 0 Å². The van der Waals surface area contributed by atoms with Gasteiger partial charge in [0.05, 0.1) is 17.6 Å². The van der Waals surface area contributed by atoms with Gasteiger partial charge in [-0.1, -0.05) is 30.4 Å². The second kappa shape index (κ2) is 6.70. The summed E-state index contributed by atoms with van der Waals surface area (Å²) in [7, 11) is 3.87. The maximum Gasteiger partial charge on any atom is 0.137 e. The van der Waals surface area contributed by atoms with Crippen LogP contribution in [0, 0.1) is 6.92 Å². The summed E-state index contributed by atoms with van der Waals surface area (Å²) in [5.41, 5.74) is 7.99. The van der Waals surface area contributed by atoms with Crippen LogP contribution in [0.15, 0.2) is 55.0 Å². The molecule has 5 rings (SSSR count). The monoisotopic (exact) mass is 383 g/mol. The molecule has 0 atom stereocenters. The molecule has 7 nitrogen and oxygen atoms in total. The van der Waals surface area contributed by atoms with E-state index in [1.807, 2.05) is 36.4 Å². The van der Waals surface area contributed by atoms with Gasteiger partial charge in [0.2, 0.25) is 0 Å². The molecule has 1 N–H and O–H groups in total. The quantitative estimate of drug-likeness (QED) is 0.579. The maximum absolute atomic E-state index is 4.87. The number of rotatable bonds is 4. The van der Waals surface area contributed by atoms with Crippen LogP contribution >= 0.6 is 0 Å². The molecule has 0 radical (unpaired) electrons. The first-order valence-electron chi connectivity index (χ1n) is 9.54. The molecule has 144 valence electrons. The minimum absolute atomic E-state index is 0.825. The Morgan fingerprint density at radius 1 is 1.07 bits per heavy atom. The highest BCUT2D eigenvalue weighted by Gasteiger charge is 2.23. The Hall–Kier alpha value is -3.74. The molecule has 1 aliphatic rings. The number of nitrogens with zero attached hydrogens (tertiary/aromatic N) is 6. The highest BCUT2D eigenvalue weighted by atomic mass is 15.3. The molecule has 0 aliphatic heterocycles. The van der Waals surface area contributed by atoms with Gasteiger partial charge in [0, 0.05) is 30.9 Å². The fourth-order valence-corrected chi connectivity index (χ4v) is 3.87. The number of anilines is 1. The lowest BCUT2D eigenvalue weighted by Gasteiger charge is -2.09. The Bertz CT molecular complexity index is 1270. The van der Waals surface area contributed by atoms with Gasteiger partial charge < -0.3 is 5.32 Å². The van der Waals surface area contributed by atoms with E-state index in [0.717, 1.165) is 51.7 Å². The van der Waals surface area contributed by atoms with Gasteiger partial charge in [-0.2, -0.15) is 10.2 Å². The van der Waals surface area contributed by atoms with Gasteiger partial charge in [0.25, 0.3) is 0 Å². The van der Waals surface area contributed by atoms with Crippen molar-refractivity contribution in [1.82, 2.24) is 29.4 Å². The summed E-state index contributed by atoms with van der Waals surface area (Å²) in [4.78, 5) is 9.48. The van der Waals surface area contributed by atoms with Crippen LogP contribution in [0.3, 0.4) is 0 Å². The Balaban J connectivity index is 1.75. The number of nitrogens with one attached hydrogen (secondary N) is 1. The fraction of sp³-hybridized carbons (Fsp3) is 0.182. The van der Waals surface area contributed by atoms with E-state index in [2.05, 4.69) is 63.0 Å². The second-order valence-corrected chi connectivity index (χ2v) is 7.06. The molecule has 3 aromatic heterocycles. The minimum atomic E-state index is 0.825. The number of allylic oxidation sites excluding steroid dienone is 4. The average molecular weight is 383 g/mol. The van der Waals surface area contributed by atoms with Crippen LogP contribution < -0.4 is 5.32 Å². The third-order valence-electron chi connectivity index (χ3n) is 5.31. The molecule has 0 fully saturated rings. The number of aryl methyl sites for hydroxylation is 2. The summed E-state index contributed by atoms with van der Waals surface area (Å²) in [6.07, 6.45) is 10.6. The maximum atomic E-state index is 4.87. The lowest BCUT2D eigenvalue weighted by Crippen LogP contribution is -2.00. The second-order valence-electron chi connectivity index (χ2n) is 7.06. The third kappa shape index (κ3) is 2.74. The zero-order chi connectivity index (χ0) is 20.0. The molecule has 1 aliphatic carbocycles. The molecule has 0 spiro atoms. The summed E-state index contributed by atoms with van der Waals surface area (Å²) in [6.45, 7) is 1.96. The van der Waals surface area contributed by atoms with Gasteiger partial charge >= 0.3 is 0 Å². The predicted octanol–water partition coefficient (Wildman–Crippen LogP) is 3.89. The minimum Gasteiger partial charge on any atom is -0.388 e. The lowest BCUT2D eigenvalue weighted by atomic mass is 10.0. The third-order valence-corrected chi connectivity index (χ3v) is 5.31. The molecule has 4 aromatic rings. The fourth-order valence-electron chi connectivity index (χ4n) is 3.87. The van der Waals surface area contributed by atoms with Gasteiger partial charge in [0.15, 0.2) is 0 Å². The lowest BCUT2D eigenvalue weighted by molar-refractivity contribution is 0.776. The molecule has 1 aromatic carbocycles. The molecule has 0 saturated carbocycles. The van der Waals surface area contributed by atoms with E-state index in [0.29, 0.717) is 0 Å². The summed E-state index contributed by atoms with van der Waals surface area (Å²) in [6, 6.07) is 8.31. The van der Waals surface area contributed by atoms with Gasteiger partial charge in [-0.3, -0.25) is 4.68 Å². The van der Waals surface area contributed by atoms with Crippen molar-refractivity contribution >= 4 is 16.8 Å². The van der Waals surface area contributed by atoms with Crippen LogP contribution in [-0.2, 0) is 7.05 Å². The Kier molecular flexibility index (Phi) is 4.01. The van der Waals surface area contributed by atoms with E-state index >= 15 is 0 Å². The van der Waals surface area contributed by atoms with E-state index in [1.54, 1.807) is 6.33 Å². The van der Waals surface area contributed by atoms with Crippen LogP contribution in [0.5, 0.6) is 0 Å². The summed E-state index contributed by atoms with van der Waals surface area (Å²) in [5, 5.41) is 12.1. The first-order valence-corrected chi connectivity index (χ1v) is 9.54. The van der Waals surface area contributed by atoms with Crippen molar-refractivity contribution in [1.29, 1.82) is 0 Å². The number of fused-ring (bicyclic) bond motifs is 1. The molecule has 0 unspecified atom stereocenters. The highest BCUT2D eigenvalue weighted by Crippen LogP contribution is 2.37. The summed E-state index contributed by atoms with van der Waals surface area (Å²) in [5.74, 6) is 0.825. The van der Waals surface area contributed by atoms with Crippen molar-refractivity contribution in [2.45, 2.75) is 13.3 Å². The number of benzene rings is 1. The van der Waals surface area contributed by atoms with Crippen LogP contribution in [0.2, 0.25) is 0 Å². The molecular formula is C22H21N7. The average Bonchev–Trinajstić information content (AvgIpc) is 3.48. The molecule has 29 heavy (non-hydrogen) atoms. The van der Waals surface area contributed by atoms with Crippen LogP contribution in [0.25, 0.3) is 33.6 Å². The number of imidazole rings is 1. The van der Waals surface area contributed by atoms with Crippen molar-refractivity contribution in [3.05, 3.63) is 66.5 Å². The highest BCUT2D eigenvalue weighted by molar-refractivity contribution is 5.92. The van der Waals surface area contributed by atoms with Gasteiger partial charge in [0.1, 0.15) is 23.4 Å². The van der Waals surface area contributed by atoms with E-state index in [9.17, 15) is 0 Å². The van der Waals surface area contributed by atoms with E-state index in [1.165, 1.54) is 5.57 Å². The molecular weight excluding hydrogens is 362 g/mol. The molecule has 0 amide bonds. The molecule has 3 heterocycles. The Morgan fingerprint density at radius 2 is 1.90 bits per heavy atom. The Labute approximate surface area is 168 Å². The number of aromatic nitrogens is 6. The molecule has 0 saturated heterocycles. The first-order chi connectivity index (χ1) is 14.2. The van der Waals surface area contributed by atoms with Crippen molar-refractivity contribution in [3.8, 4) is 22.5 Å². The Morgan fingerprint density at radius 3 is 2.62 bits per heavy atom. The predicted molar refractivity (Wildman–Crippen MR) is 114 cm³/mol. The number of hydrogen-bond acceptors (Lipinski definition) is 5. The zero-order valence-electron chi connectivity index (χ0n) is 16.6. The van der Waals surface area contributed by atoms with Crippen LogP contribution in [-0.4, -0.2) is 36.4 Å². The number of hydrogen-bond donors (Lipinski definition) is 1. The van der Waals surface area contributed by atoms with Gasteiger partial charge in [-0.05, 0) is 31.1 Å². The van der Waals surface area contributed by atoms with Crippen LogP contribution in [0.4, 0.5) is 5.69 Å². The molecule has 7 heteroatoms. The van der Waals surface area contributed by atoms with E-state index in [-0.39, 0.29) is 0 Å². The molecule has 0 bridgehead atoms. The van der Waals surface area contributed by atoms with E-state index in [4.69, 9.17) is 4.98 Å². The normalized spacial score (nSPS) is 13.3.